The summed E-state index contributed by atoms with van der Waals surface area (Å²) in [6.45, 7) is 5.63. The van der Waals surface area contributed by atoms with Gasteiger partial charge in [0.15, 0.2) is 0 Å². The SMILES string of the molecule is CCNC(=O)CN1CCN(c2ccc([N+](=O)[O-])cc2C#N)CC1. The van der Waals surface area contributed by atoms with Crippen LogP contribution in [0.1, 0.15) is 12.5 Å². The van der Waals surface area contributed by atoms with Gasteiger partial charge in [-0.25, -0.2) is 0 Å². The van der Waals surface area contributed by atoms with Crippen molar-refractivity contribution in [1.29, 1.82) is 5.26 Å². The Labute approximate surface area is 134 Å². The summed E-state index contributed by atoms with van der Waals surface area (Å²) in [5, 5.41) is 22.8. The summed E-state index contributed by atoms with van der Waals surface area (Å²) in [5.74, 6) is 0.00833. The molecule has 1 N–H and O–H groups in total. The van der Waals surface area contributed by atoms with Crippen molar-refractivity contribution < 1.29 is 9.72 Å². The van der Waals surface area contributed by atoms with Gasteiger partial charge in [0.1, 0.15) is 6.07 Å². The highest BCUT2D eigenvalue weighted by Gasteiger charge is 2.22. The number of amides is 1. The minimum Gasteiger partial charge on any atom is -0.368 e. The topological polar surface area (TPSA) is 103 Å². The maximum absolute atomic E-state index is 11.6. The van der Waals surface area contributed by atoms with E-state index in [1.165, 1.54) is 12.1 Å². The van der Waals surface area contributed by atoms with Gasteiger partial charge >= 0.3 is 0 Å². The summed E-state index contributed by atoms with van der Waals surface area (Å²) in [6, 6.07) is 6.36. The van der Waals surface area contributed by atoms with Crippen LogP contribution in [0.15, 0.2) is 18.2 Å². The largest absolute Gasteiger partial charge is 0.368 e. The minimum absolute atomic E-state index is 0.00833. The van der Waals surface area contributed by atoms with E-state index in [1.807, 2.05) is 17.9 Å². The van der Waals surface area contributed by atoms with Gasteiger partial charge in [0.25, 0.3) is 5.69 Å². The van der Waals surface area contributed by atoms with E-state index in [2.05, 4.69) is 10.2 Å². The molecule has 0 spiro atoms. The molecule has 1 aromatic carbocycles. The molecule has 0 atom stereocenters. The third-order valence-corrected chi connectivity index (χ3v) is 3.77. The number of nitro benzene ring substituents is 1. The van der Waals surface area contributed by atoms with Crippen LogP contribution >= 0.6 is 0 Å². The van der Waals surface area contributed by atoms with Gasteiger partial charge in [-0.1, -0.05) is 0 Å². The second-order valence-corrected chi connectivity index (χ2v) is 5.29. The van der Waals surface area contributed by atoms with E-state index in [4.69, 9.17) is 0 Å². The normalized spacial score (nSPS) is 15.0. The Bertz CT molecular complexity index is 632. The van der Waals surface area contributed by atoms with Gasteiger partial charge in [-0.2, -0.15) is 5.26 Å². The first kappa shape index (κ1) is 16.7. The molecule has 1 heterocycles. The number of non-ortho nitro benzene ring substituents is 1. The zero-order valence-electron chi connectivity index (χ0n) is 13.0. The molecule has 23 heavy (non-hydrogen) atoms. The average Bonchev–Trinajstić information content (AvgIpc) is 2.55. The van der Waals surface area contributed by atoms with Crippen LogP contribution in [0.3, 0.4) is 0 Å². The molecule has 2 rings (SSSR count). The van der Waals surface area contributed by atoms with Crippen molar-refractivity contribution in [2.45, 2.75) is 6.92 Å². The predicted octanol–water partition coefficient (Wildman–Crippen LogP) is 0.725. The van der Waals surface area contributed by atoms with Crippen molar-refractivity contribution in [3.63, 3.8) is 0 Å². The molecule has 1 aliphatic heterocycles. The Morgan fingerprint density at radius 1 is 1.39 bits per heavy atom. The third-order valence-electron chi connectivity index (χ3n) is 3.77. The number of anilines is 1. The number of nitrogens with zero attached hydrogens (tertiary/aromatic N) is 4. The highest BCUT2D eigenvalue weighted by molar-refractivity contribution is 5.78. The smallest absolute Gasteiger partial charge is 0.270 e. The molecule has 8 nitrogen and oxygen atoms in total. The molecule has 0 unspecified atom stereocenters. The fourth-order valence-electron chi connectivity index (χ4n) is 2.61. The summed E-state index contributed by atoms with van der Waals surface area (Å²) in [5.41, 5.74) is 0.923. The number of hydrogen-bond donors (Lipinski definition) is 1. The predicted molar refractivity (Wildman–Crippen MR) is 85.1 cm³/mol. The van der Waals surface area contributed by atoms with E-state index in [-0.39, 0.29) is 11.6 Å². The molecule has 0 bridgehead atoms. The molecule has 0 aromatic heterocycles. The first-order valence-corrected chi connectivity index (χ1v) is 7.47. The number of carbonyl (C=O) groups is 1. The highest BCUT2D eigenvalue weighted by Crippen LogP contribution is 2.25. The molecule has 122 valence electrons. The number of nitro groups is 1. The van der Waals surface area contributed by atoms with Gasteiger partial charge in [0.2, 0.25) is 5.91 Å². The van der Waals surface area contributed by atoms with E-state index < -0.39 is 4.92 Å². The lowest BCUT2D eigenvalue weighted by atomic mass is 10.1. The van der Waals surface area contributed by atoms with Crippen LogP contribution in [0.2, 0.25) is 0 Å². The number of likely N-dealkylation sites (N-methyl/N-ethyl adjacent to an activating group) is 1. The van der Waals surface area contributed by atoms with Crippen molar-refractivity contribution in [2.24, 2.45) is 0 Å². The maximum atomic E-state index is 11.6. The Hall–Kier alpha value is -2.66. The second kappa shape index (κ2) is 7.56. The number of hydrogen-bond acceptors (Lipinski definition) is 6. The van der Waals surface area contributed by atoms with Crippen molar-refractivity contribution in [3.05, 3.63) is 33.9 Å². The fraction of sp³-hybridized carbons (Fsp3) is 0.467. The molecular formula is C15H19N5O3. The molecule has 8 heteroatoms. The number of carbonyl (C=O) groups excluding carboxylic acids is 1. The van der Waals surface area contributed by atoms with Gasteiger partial charge in [0.05, 0.1) is 22.7 Å². The lowest BCUT2D eigenvalue weighted by molar-refractivity contribution is -0.384. The first-order chi connectivity index (χ1) is 11.0. The summed E-state index contributed by atoms with van der Waals surface area (Å²) in [6.07, 6.45) is 0. The van der Waals surface area contributed by atoms with Gasteiger partial charge in [-0.05, 0) is 13.0 Å². The van der Waals surface area contributed by atoms with Crippen LogP contribution < -0.4 is 10.2 Å². The van der Waals surface area contributed by atoms with Crippen LogP contribution in [-0.2, 0) is 4.79 Å². The van der Waals surface area contributed by atoms with Crippen molar-refractivity contribution in [2.75, 3.05) is 44.2 Å². The Morgan fingerprint density at radius 3 is 2.65 bits per heavy atom. The Morgan fingerprint density at radius 2 is 2.09 bits per heavy atom. The zero-order chi connectivity index (χ0) is 16.8. The number of rotatable bonds is 5. The molecule has 1 saturated heterocycles. The molecule has 1 amide bonds. The van der Waals surface area contributed by atoms with E-state index in [0.717, 1.165) is 0 Å². The van der Waals surface area contributed by atoms with Gasteiger partial charge in [-0.3, -0.25) is 19.8 Å². The average molecular weight is 317 g/mol. The summed E-state index contributed by atoms with van der Waals surface area (Å²) in [4.78, 5) is 26.0. The highest BCUT2D eigenvalue weighted by atomic mass is 16.6. The quantitative estimate of drug-likeness (QED) is 0.634. The lowest BCUT2D eigenvalue weighted by Crippen LogP contribution is -2.49. The lowest BCUT2D eigenvalue weighted by Gasteiger charge is -2.36. The van der Waals surface area contributed by atoms with Crippen LogP contribution in [0.25, 0.3) is 0 Å². The summed E-state index contributed by atoms with van der Waals surface area (Å²) < 4.78 is 0. The molecule has 1 aromatic rings. The van der Waals surface area contributed by atoms with Crippen LogP contribution in [-0.4, -0.2) is 55.0 Å². The van der Waals surface area contributed by atoms with Crippen LogP contribution in [0.4, 0.5) is 11.4 Å². The number of nitrogens with one attached hydrogen (secondary N) is 1. The van der Waals surface area contributed by atoms with E-state index in [0.29, 0.717) is 50.5 Å². The van der Waals surface area contributed by atoms with Crippen molar-refractivity contribution in [3.8, 4) is 6.07 Å². The molecule has 0 radical (unpaired) electrons. The van der Waals surface area contributed by atoms with Crippen molar-refractivity contribution >= 4 is 17.3 Å². The summed E-state index contributed by atoms with van der Waals surface area (Å²) in [7, 11) is 0. The molecular weight excluding hydrogens is 298 g/mol. The second-order valence-electron chi connectivity index (χ2n) is 5.29. The molecule has 1 aliphatic rings. The van der Waals surface area contributed by atoms with E-state index in [1.54, 1.807) is 6.07 Å². The zero-order valence-corrected chi connectivity index (χ0v) is 13.0. The number of nitriles is 1. The van der Waals surface area contributed by atoms with Gasteiger partial charge < -0.3 is 10.2 Å². The molecule has 1 fully saturated rings. The van der Waals surface area contributed by atoms with E-state index in [9.17, 15) is 20.2 Å². The van der Waals surface area contributed by atoms with E-state index >= 15 is 0 Å². The first-order valence-electron chi connectivity index (χ1n) is 7.47. The van der Waals surface area contributed by atoms with Crippen LogP contribution in [0.5, 0.6) is 0 Å². The molecule has 0 saturated carbocycles. The maximum Gasteiger partial charge on any atom is 0.270 e. The van der Waals surface area contributed by atoms with Gasteiger partial charge in [-0.15, -0.1) is 0 Å². The number of piperazine rings is 1. The van der Waals surface area contributed by atoms with Crippen molar-refractivity contribution in [1.82, 2.24) is 10.2 Å². The fourth-order valence-corrected chi connectivity index (χ4v) is 2.61. The number of benzene rings is 1. The van der Waals surface area contributed by atoms with Gasteiger partial charge in [0, 0.05) is 44.9 Å². The third kappa shape index (κ3) is 4.17. The molecule has 0 aliphatic carbocycles. The summed E-state index contributed by atoms with van der Waals surface area (Å²) >= 11 is 0. The van der Waals surface area contributed by atoms with Crippen LogP contribution in [0, 0.1) is 21.4 Å². The standard InChI is InChI=1S/C15H19N5O3/c1-2-17-15(21)11-18-5-7-19(8-6-18)14-4-3-13(20(22)23)9-12(14)10-16/h3-4,9H,2,5-8,11H2,1H3,(H,17,21). The Kier molecular flexibility index (Phi) is 5.49. The Balaban J connectivity index is 2.01. The monoisotopic (exact) mass is 317 g/mol. The minimum atomic E-state index is -0.505.